The average Bonchev–Trinajstić information content (AvgIpc) is 2.60. The fourth-order valence-corrected chi connectivity index (χ4v) is 3.50. The third kappa shape index (κ3) is 6.35. The van der Waals surface area contributed by atoms with Crippen molar-refractivity contribution >= 4 is 11.6 Å². The first kappa shape index (κ1) is 20.8. The highest BCUT2D eigenvalue weighted by atomic mass is 16.5. The number of benzene rings is 1. The molecule has 0 radical (unpaired) electrons. The number of carbonyl (C=O) groups excluding carboxylic acids is 2. The molecule has 0 aromatic heterocycles. The highest BCUT2D eigenvalue weighted by molar-refractivity contribution is 6.00. The molecule has 3 heteroatoms. The molecular weight excluding hydrogens is 324 g/mol. The van der Waals surface area contributed by atoms with Crippen LogP contribution in [0.4, 0.5) is 0 Å². The molecule has 0 spiro atoms. The van der Waals surface area contributed by atoms with Gasteiger partial charge in [-0.1, -0.05) is 38.1 Å². The van der Waals surface area contributed by atoms with Crippen molar-refractivity contribution in [3.05, 3.63) is 35.4 Å². The first-order valence-corrected chi connectivity index (χ1v) is 9.97. The third-order valence-electron chi connectivity index (χ3n) is 5.21. The molecule has 1 aliphatic carbocycles. The summed E-state index contributed by atoms with van der Waals surface area (Å²) in [5, 5.41) is 0. The van der Waals surface area contributed by atoms with Crippen molar-refractivity contribution < 1.29 is 14.3 Å². The van der Waals surface area contributed by atoms with E-state index in [1.807, 2.05) is 13.8 Å². The van der Waals surface area contributed by atoms with Crippen LogP contribution in [0.1, 0.15) is 87.4 Å². The van der Waals surface area contributed by atoms with Crippen molar-refractivity contribution in [3.8, 4) is 0 Å². The van der Waals surface area contributed by atoms with E-state index in [9.17, 15) is 9.59 Å². The SMILES string of the molecule is CC(C)C(=O)c1ccc(C(=O)CC2CCC(COC(C)(C)C)CC2)cc1. The Morgan fingerprint density at radius 3 is 1.96 bits per heavy atom. The van der Waals surface area contributed by atoms with E-state index in [4.69, 9.17) is 4.74 Å². The summed E-state index contributed by atoms with van der Waals surface area (Å²) in [4.78, 5) is 24.6. The van der Waals surface area contributed by atoms with E-state index in [0.29, 0.717) is 23.8 Å². The topological polar surface area (TPSA) is 43.4 Å². The number of hydrogen-bond acceptors (Lipinski definition) is 3. The van der Waals surface area contributed by atoms with Crippen LogP contribution >= 0.6 is 0 Å². The van der Waals surface area contributed by atoms with Crippen molar-refractivity contribution in [3.63, 3.8) is 0 Å². The Morgan fingerprint density at radius 2 is 1.46 bits per heavy atom. The maximum atomic E-state index is 12.6. The first-order chi connectivity index (χ1) is 12.2. The summed E-state index contributed by atoms with van der Waals surface area (Å²) in [6.45, 7) is 10.9. The molecule has 26 heavy (non-hydrogen) atoms. The van der Waals surface area contributed by atoms with Gasteiger partial charge < -0.3 is 4.74 Å². The van der Waals surface area contributed by atoms with Gasteiger partial charge in [0.25, 0.3) is 0 Å². The van der Waals surface area contributed by atoms with Gasteiger partial charge in [-0.3, -0.25) is 9.59 Å². The molecule has 0 amide bonds. The number of rotatable bonds is 7. The summed E-state index contributed by atoms with van der Waals surface area (Å²) >= 11 is 0. The van der Waals surface area contributed by atoms with E-state index in [1.54, 1.807) is 24.3 Å². The number of ether oxygens (including phenoxy) is 1. The van der Waals surface area contributed by atoms with E-state index in [2.05, 4.69) is 20.8 Å². The predicted molar refractivity (Wildman–Crippen MR) is 106 cm³/mol. The van der Waals surface area contributed by atoms with Gasteiger partial charge in [0, 0.05) is 23.5 Å². The van der Waals surface area contributed by atoms with Crippen molar-refractivity contribution in [1.82, 2.24) is 0 Å². The van der Waals surface area contributed by atoms with Gasteiger partial charge in [-0.05, 0) is 58.3 Å². The maximum Gasteiger partial charge on any atom is 0.165 e. The minimum Gasteiger partial charge on any atom is -0.376 e. The average molecular weight is 359 g/mol. The third-order valence-corrected chi connectivity index (χ3v) is 5.21. The Labute approximate surface area is 158 Å². The maximum absolute atomic E-state index is 12.6. The lowest BCUT2D eigenvalue weighted by atomic mass is 9.79. The minimum absolute atomic E-state index is 0.0194. The van der Waals surface area contributed by atoms with E-state index in [-0.39, 0.29) is 23.1 Å². The molecule has 0 N–H and O–H groups in total. The molecule has 0 heterocycles. The van der Waals surface area contributed by atoms with Gasteiger partial charge in [0.2, 0.25) is 0 Å². The van der Waals surface area contributed by atoms with Gasteiger partial charge in [0.1, 0.15) is 0 Å². The molecule has 1 aromatic rings. The zero-order valence-corrected chi connectivity index (χ0v) is 17.0. The molecule has 0 aliphatic heterocycles. The Bertz CT molecular complexity index is 599. The number of hydrogen-bond donors (Lipinski definition) is 0. The van der Waals surface area contributed by atoms with E-state index in [1.165, 1.54) is 0 Å². The molecule has 0 bridgehead atoms. The first-order valence-electron chi connectivity index (χ1n) is 9.97. The standard InChI is InChI=1S/C23H34O3/c1-16(2)22(25)20-12-10-19(11-13-20)21(24)14-17-6-8-18(9-7-17)15-26-23(3,4)5/h10-13,16-18H,6-9,14-15H2,1-5H3. The molecular formula is C23H34O3. The van der Waals surface area contributed by atoms with Crippen molar-refractivity contribution in [1.29, 1.82) is 0 Å². The molecule has 0 unspecified atom stereocenters. The zero-order chi connectivity index (χ0) is 19.3. The van der Waals surface area contributed by atoms with Crippen molar-refractivity contribution in [2.24, 2.45) is 17.8 Å². The van der Waals surface area contributed by atoms with Crippen LogP contribution in [-0.4, -0.2) is 23.8 Å². The summed E-state index contributed by atoms with van der Waals surface area (Å²) in [6.07, 6.45) is 5.12. The highest BCUT2D eigenvalue weighted by Crippen LogP contribution is 2.32. The van der Waals surface area contributed by atoms with Gasteiger partial charge in [0.15, 0.2) is 11.6 Å². The number of carbonyl (C=O) groups is 2. The summed E-state index contributed by atoms with van der Waals surface area (Å²) < 4.78 is 5.91. The van der Waals surface area contributed by atoms with Gasteiger partial charge in [-0.2, -0.15) is 0 Å². The predicted octanol–water partition coefficient (Wildman–Crippen LogP) is 5.72. The summed E-state index contributed by atoms with van der Waals surface area (Å²) in [5.41, 5.74) is 1.34. The Morgan fingerprint density at radius 1 is 0.962 bits per heavy atom. The van der Waals surface area contributed by atoms with E-state index >= 15 is 0 Å². The second-order valence-corrected chi connectivity index (χ2v) is 9.03. The lowest BCUT2D eigenvalue weighted by Gasteiger charge is -2.30. The fourth-order valence-electron chi connectivity index (χ4n) is 3.50. The molecule has 144 valence electrons. The minimum atomic E-state index is -0.0735. The molecule has 0 atom stereocenters. The van der Waals surface area contributed by atoms with Gasteiger partial charge in [-0.15, -0.1) is 0 Å². The van der Waals surface area contributed by atoms with Gasteiger partial charge in [-0.25, -0.2) is 0 Å². The Hall–Kier alpha value is -1.48. The second kappa shape index (κ2) is 8.94. The Balaban J connectivity index is 1.81. The normalized spacial score (nSPS) is 21.0. The molecule has 2 rings (SSSR count). The second-order valence-electron chi connectivity index (χ2n) is 9.03. The zero-order valence-electron chi connectivity index (χ0n) is 17.0. The smallest absolute Gasteiger partial charge is 0.165 e. The molecule has 0 saturated heterocycles. The fraction of sp³-hybridized carbons (Fsp3) is 0.652. The molecule has 1 saturated carbocycles. The lowest BCUT2D eigenvalue weighted by Crippen LogP contribution is -2.26. The number of ketones is 2. The van der Waals surface area contributed by atoms with Gasteiger partial charge in [0.05, 0.1) is 12.2 Å². The van der Waals surface area contributed by atoms with Crippen LogP contribution in [0, 0.1) is 17.8 Å². The summed E-state index contributed by atoms with van der Waals surface area (Å²) in [5.74, 6) is 1.41. The summed E-state index contributed by atoms with van der Waals surface area (Å²) in [7, 11) is 0. The van der Waals surface area contributed by atoms with Crippen LogP contribution in [0.2, 0.25) is 0 Å². The molecule has 1 aromatic carbocycles. The van der Waals surface area contributed by atoms with Crippen molar-refractivity contribution in [2.75, 3.05) is 6.61 Å². The molecule has 1 aliphatic rings. The number of Topliss-reactive ketones (excluding diaryl/α,β-unsaturated/α-hetero) is 2. The monoisotopic (exact) mass is 358 g/mol. The Kier molecular flexibility index (Phi) is 7.16. The lowest BCUT2D eigenvalue weighted by molar-refractivity contribution is -0.0301. The summed E-state index contributed by atoms with van der Waals surface area (Å²) in [6, 6.07) is 7.19. The quantitative estimate of drug-likeness (QED) is 0.586. The van der Waals surface area contributed by atoms with Crippen molar-refractivity contribution in [2.45, 2.75) is 72.3 Å². The van der Waals surface area contributed by atoms with Gasteiger partial charge >= 0.3 is 0 Å². The van der Waals surface area contributed by atoms with Crippen LogP contribution in [0.15, 0.2) is 24.3 Å². The van der Waals surface area contributed by atoms with Crippen LogP contribution in [0.3, 0.4) is 0 Å². The van der Waals surface area contributed by atoms with E-state index in [0.717, 1.165) is 37.9 Å². The molecule has 3 nitrogen and oxygen atoms in total. The highest BCUT2D eigenvalue weighted by Gasteiger charge is 2.25. The van der Waals surface area contributed by atoms with Crippen LogP contribution in [0.5, 0.6) is 0 Å². The van der Waals surface area contributed by atoms with Crippen LogP contribution < -0.4 is 0 Å². The van der Waals surface area contributed by atoms with Crippen LogP contribution in [0.25, 0.3) is 0 Å². The largest absolute Gasteiger partial charge is 0.376 e. The molecule has 1 fully saturated rings. The van der Waals surface area contributed by atoms with Crippen LogP contribution in [-0.2, 0) is 4.74 Å². The van der Waals surface area contributed by atoms with E-state index < -0.39 is 0 Å².